The average Bonchev–Trinajstić information content (AvgIpc) is 2.77. The first kappa shape index (κ1) is 12.6. The van der Waals surface area contributed by atoms with Crippen molar-refractivity contribution >= 4 is 6.09 Å². The van der Waals surface area contributed by atoms with Gasteiger partial charge in [-0.2, -0.15) is 0 Å². The zero-order valence-corrected chi connectivity index (χ0v) is 9.74. The monoisotopic (exact) mass is 222 g/mol. The van der Waals surface area contributed by atoms with Crippen molar-refractivity contribution in [2.45, 2.75) is 12.8 Å². The first-order chi connectivity index (χ1) is 7.74. The summed E-state index contributed by atoms with van der Waals surface area (Å²) in [4.78, 5) is 14.9. The van der Waals surface area contributed by atoms with Gasteiger partial charge in [-0.1, -0.05) is 18.4 Å². The minimum atomic E-state index is -0.425. The van der Waals surface area contributed by atoms with E-state index < -0.39 is 6.09 Å². The first-order valence-electron chi connectivity index (χ1n) is 5.45. The highest BCUT2D eigenvalue weighted by Crippen LogP contribution is 2.05. The van der Waals surface area contributed by atoms with Crippen LogP contribution in [0, 0.1) is 11.8 Å². The number of hydrogen-bond acceptors (Lipinski definition) is 3. The summed E-state index contributed by atoms with van der Waals surface area (Å²) in [5, 5.41) is 0. The van der Waals surface area contributed by atoms with Crippen LogP contribution in [-0.2, 0) is 4.74 Å². The highest BCUT2D eigenvalue weighted by molar-refractivity contribution is 5.68. The molecule has 0 aromatic rings. The van der Waals surface area contributed by atoms with Crippen molar-refractivity contribution in [3.05, 3.63) is 12.8 Å². The van der Waals surface area contributed by atoms with E-state index in [1.54, 1.807) is 7.05 Å². The maximum absolute atomic E-state index is 11.1. The van der Waals surface area contributed by atoms with E-state index in [1.807, 2.05) is 0 Å². The van der Waals surface area contributed by atoms with Gasteiger partial charge in [0.2, 0.25) is 0 Å². The van der Waals surface area contributed by atoms with Crippen LogP contribution in [0.2, 0.25) is 0 Å². The molecular formula is C12H18N2O2. The van der Waals surface area contributed by atoms with Gasteiger partial charge in [0.1, 0.15) is 0 Å². The Morgan fingerprint density at radius 2 is 2.19 bits per heavy atom. The quantitative estimate of drug-likeness (QED) is 0.533. The Bertz CT molecular complexity index is 298. The van der Waals surface area contributed by atoms with Gasteiger partial charge in [0.15, 0.2) is 0 Å². The molecule has 0 radical (unpaired) electrons. The lowest BCUT2D eigenvalue weighted by Crippen LogP contribution is -2.26. The van der Waals surface area contributed by atoms with Crippen molar-refractivity contribution in [3.63, 3.8) is 0 Å². The summed E-state index contributed by atoms with van der Waals surface area (Å²) in [5.74, 6) is 6.01. The number of nitrogens with zero attached hydrogens (tertiary/aromatic N) is 2. The zero-order chi connectivity index (χ0) is 11.8. The molecule has 0 spiro atoms. The molecule has 1 rings (SSSR count). The van der Waals surface area contributed by atoms with Gasteiger partial charge in [0.25, 0.3) is 0 Å². The summed E-state index contributed by atoms with van der Waals surface area (Å²) >= 11 is 0. The van der Waals surface area contributed by atoms with E-state index in [9.17, 15) is 4.79 Å². The molecule has 4 nitrogen and oxygen atoms in total. The summed E-state index contributed by atoms with van der Waals surface area (Å²) in [7, 11) is 1.65. The second-order valence-electron chi connectivity index (χ2n) is 3.74. The van der Waals surface area contributed by atoms with Crippen molar-refractivity contribution in [1.82, 2.24) is 9.80 Å². The Morgan fingerprint density at radius 3 is 2.81 bits per heavy atom. The third-order valence-corrected chi connectivity index (χ3v) is 2.44. The first-order valence-corrected chi connectivity index (χ1v) is 5.45. The van der Waals surface area contributed by atoms with E-state index in [1.165, 1.54) is 17.7 Å². The van der Waals surface area contributed by atoms with Gasteiger partial charge in [-0.25, -0.2) is 4.79 Å². The fourth-order valence-corrected chi connectivity index (χ4v) is 1.51. The van der Waals surface area contributed by atoms with Crippen LogP contribution in [0.25, 0.3) is 0 Å². The molecule has 0 aromatic carbocycles. The van der Waals surface area contributed by atoms with Crippen LogP contribution in [-0.4, -0.2) is 49.1 Å². The predicted octanol–water partition coefficient (Wildman–Crippen LogP) is 1.30. The van der Waals surface area contributed by atoms with Crippen LogP contribution in [0.4, 0.5) is 4.79 Å². The van der Waals surface area contributed by atoms with E-state index in [0.717, 1.165) is 25.9 Å². The molecule has 1 fully saturated rings. The lowest BCUT2D eigenvalue weighted by molar-refractivity contribution is 0.152. The normalized spacial score (nSPS) is 15.1. The molecular weight excluding hydrogens is 204 g/mol. The minimum absolute atomic E-state index is 0.389. The van der Waals surface area contributed by atoms with Gasteiger partial charge in [0, 0.05) is 7.05 Å². The highest BCUT2D eigenvalue weighted by Gasteiger charge is 2.09. The van der Waals surface area contributed by atoms with Gasteiger partial charge in [-0.15, -0.1) is 0 Å². The summed E-state index contributed by atoms with van der Waals surface area (Å²) < 4.78 is 4.61. The Morgan fingerprint density at radius 1 is 1.50 bits per heavy atom. The summed E-state index contributed by atoms with van der Waals surface area (Å²) in [6.07, 6.45) is 3.24. The van der Waals surface area contributed by atoms with E-state index in [0.29, 0.717) is 6.54 Å². The number of ether oxygens (including phenoxy) is 1. The maximum Gasteiger partial charge on any atom is 0.415 e. The van der Waals surface area contributed by atoms with E-state index in [4.69, 9.17) is 0 Å². The highest BCUT2D eigenvalue weighted by atomic mass is 16.5. The number of amides is 1. The van der Waals surface area contributed by atoms with Crippen molar-refractivity contribution in [2.24, 2.45) is 0 Å². The lowest BCUT2D eigenvalue weighted by Gasteiger charge is -2.11. The second kappa shape index (κ2) is 6.91. The number of rotatable bonds is 3. The van der Waals surface area contributed by atoms with Crippen LogP contribution >= 0.6 is 0 Å². The molecule has 0 saturated carbocycles. The third kappa shape index (κ3) is 4.37. The minimum Gasteiger partial charge on any atom is -0.419 e. The molecule has 1 amide bonds. The molecule has 0 unspecified atom stereocenters. The van der Waals surface area contributed by atoms with Crippen LogP contribution in [0.15, 0.2) is 12.8 Å². The molecule has 0 atom stereocenters. The smallest absolute Gasteiger partial charge is 0.415 e. The molecule has 4 heteroatoms. The van der Waals surface area contributed by atoms with Crippen LogP contribution in [0.1, 0.15) is 12.8 Å². The molecule has 0 bridgehead atoms. The molecule has 0 aliphatic carbocycles. The summed E-state index contributed by atoms with van der Waals surface area (Å²) in [6, 6.07) is 0. The fraction of sp³-hybridized carbons (Fsp3) is 0.583. The van der Waals surface area contributed by atoms with Crippen LogP contribution < -0.4 is 0 Å². The molecule has 1 aliphatic rings. The number of carbonyl (C=O) groups excluding carboxylic acids is 1. The van der Waals surface area contributed by atoms with E-state index in [2.05, 4.69) is 28.1 Å². The molecule has 1 saturated heterocycles. The van der Waals surface area contributed by atoms with Gasteiger partial charge >= 0.3 is 6.09 Å². The number of carbonyl (C=O) groups is 1. The molecule has 1 aliphatic heterocycles. The topological polar surface area (TPSA) is 32.8 Å². The lowest BCUT2D eigenvalue weighted by atomic mass is 10.4. The molecule has 1 heterocycles. The van der Waals surface area contributed by atoms with Gasteiger partial charge in [-0.05, 0) is 25.9 Å². The predicted molar refractivity (Wildman–Crippen MR) is 62.8 cm³/mol. The maximum atomic E-state index is 11.1. The van der Waals surface area contributed by atoms with Gasteiger partial charge in [0.05, 0.1) is 19.4 Å². The van der Waals surface area contributed by atoms with Crippen molar-refractivity contribution < 1.29 is 9.53 Å². The van der Waals surface area contributed by atoms with Crippen molar-refractivity contribution in [3.8, 4) is 11.8 Å². The molecule has 88 valence electrons. The Labute approximate surface area is 96.9 Å². The van der Waals surface area contributed by atoms with Crippen LogP contribution in [0.5, 0.6) is 0 Å². The Balaban J connectivity index is 2.19. The van der Waals surface area contributed by atoms with Gasteiger partial charge in [-0.3, -0.25) is 9.80 Å². The number of likely N-dealkylation sites (tertiary alicyclic amines) is 1. The molecule has 0 N–H and O–H groups in total. The zero-order valence-electron chi connectivity index (χ0n) is 9.74. The van der Waals surface area contributed by atoms with Gasteiger partial charge < -0.3 is 4.74 Å². The van der Waals surface area contributed by atoms with Crippen molar-refractivity contribution in [1.29, 1.82) is 0 Å². The molecule has 0 aromatic heterocycles. The van der Waals surface area contributed by atoms with E-state index in [-0.39, 0.29) is 0 Å². The standard InChI is InChI=1S/C12H18N2O2/c1-3-16-12(15)13(2)8-4-5-9-14-10-6-7-11-14/h3H,1,6-11H2,2H3. The Hall–Kier alpha value is -1.47. The summed E-state index contributed by atoms with van der Waals surface area (Å²) in [6.45, 7) is 6.79. The fourth-order valence-electron chi connectivity index (χ4n) is 1.51. The van der Waals surface area contributed by atoms with Crippen molar-refractivity contribution in [2.75, 3.05) is 33.2 Å². The second-order valence-corrected chi connectivity index (χ2v) is 3.74. The Kier molecular flexibility index (Phi) is 5.44. The molecule has 16 heavy (non-hydrogen) atoms. The number of hydrogen-bond donors (Lipinski definition) is 0. The largest absolute Gasteiger partial charge is 0.419 e. The van der Waals surface area contributed by atoms with Crippen LogP contribution in [0.3, 0.4) is 0 Å². The van der Waals surface area contributed by atoms with E-state index >= 15 is 0 Å². The summed E-state index contributed by atoms with van der Waals surface area (Å²) in [5.41, 5.74) is 0. The SMILES string of the molecule is C=COC(=O)N(C)CC#CCN1CCCC1. The average molecular weight is 222 g/mol. The third-order valence-electron chi connectivity index (χ3n) is 2.44.